The van der Waals surface area contributed by atoms with E-state index in [1.165, 1.54) is 51.4 Å². The lowest BCUT2D eigenvalue weighted by Crippen LogP contribution is -2.66. The summed E-state index contributed by atoms with van der Waals surface area (Å²) in [7, 11) is 0. The van der Waals surface area contributed by atoms with Gasteiger partial charge in [0.15, 0.2) is 18.9 Å². The fourth-order valence-electron chi connectivity index (χ4n) is 9.18. The lowest BCUT2D eigenvalue weighted by molar-refractivity contribution is -0.379. The van der Waals surface area contributed by atoms with Crippen molar-refractivity contribution in [3.05, 3.63) is 48.6 Å². The zero-order valence-electron chi connectivity index (χ0n) is 44.3. The molecule has 0 aromatic carbocycles. The molecule has 3 heterocycles. The third-order valence-electron chi connectivity index (χ3n) is 13.8. The van der Waals surface area contributed by atoms with E-state index in [0.717, 1.165) is 77.0 Å². The number of aliphatic hydroxyl groups is 11. The second-order valence-electron chi connectivity index (χ2n) is 20.0. The number of amides is 1. The van der Waals surface area contributed by atoms with Crippen LogP contribution >= 0.6 is 0 Å². The summed E-state index contributed by atoms with van der Waals surface area (Å²) in [6.07, 6.45) is 13.9. The average molecular weight is 1060 g/mol. The summed E-state index contributed by atoms with van der Waals surface area (Å²) in [4.78, 5) is 13.3. The van der Waals surface area contributed by atoms with E-state index in [-0.39, 0.29) is 18.9 Å². The lowest BCUT2D eigenvalue weighted by Gasteiger charge is -2.48. The number of allylic oxidation sites excluding steroid dienone is 7. The molecular weight excluding hydrogens is 963 g/mol. The van der Waals surface area contributed by atoms with Crippen LogP contribution in [0, 0.1) is 0 Å². The van der Waals surface area contributed by atoms with Crippen LogP contribution < -0.4 is 5.32 Å². The number of rotatable bonds is 39. The van der Waals surface area contributed by atoms with Crippen LogP contribution in [0.25, 0.3) is 0 Å². The zero-order chi connectivity index (χ0) is 54.1. The molecule has 430 valence electrons. The number of carbonyl (C=O) groups is 1. The lowest BCUT2D eigenvalue weighted by atomic mass is 9.96. The number of unbranched alkanes of at least 4 members (excludes halogenated alkanes) is 17. The normalized spacial score (nSPS) is 31.8. The molecule has 3 aliphatic rings. The van der Waals surface area contributed by atoms with Crippen LogP contribution in [0.2, 0.25) is 0 Å². The molecule has 17 unspecified atom stereocenters. The Balaban J connectivity index is 1.53. The van der Waals surface area contributed by atoms with E-state index < -0.39 is 124 Å². The Bertz CT molecular complexity index is 1550. The van der Waals surface area contributed by atoms with Gasteiger partial charge in [-0.2, -0.15) is 0 Å². The molecule has 0 radical (unpaired) electrons. The maximum Gasteiger partial charge on any atom is 0.220 e. The topological polar surface area (TPSA) is 307 Å². The van der Waals surface area contributed by atoms with Crippen molar-refractivity contribution in [3.8, 4) is 0 Å². The zero-order valence-corrected chi connectivity index (χ0v) is 44.3. The van der Waals surface area contributed by atoms with E-state index in [2.05, 4.69) is 55.6 Å². The fourth-order valence-corrected chi connectivity index (χ4v) is 9.18. The van der Waals surface area contributed by atoms with Gasteiger partial charge in [-0.15, -0.1) is 0 Å². The van der Waals surface area contributed by atoms with Gasteiger partial charge in [-0.05, 0) is 64.2 Å². The Morgan fingerprint density at radius 2 is 0.905 bits per heavy atom. The van der Waals surface area contributed by atoms with Gasteiger partial charge in [0.2, 0.25) is 5.91 Å². The molecule has 17 atom stereocenters. The quantitative estimate of drug-likeness (QED) is 0.0310. The molecular formula is C55H97NO18. The highest BCUT2D eigenvalue weighted by Gasteiger charge is 2.53. The molecule has 0 aromatic heterocycles. The Hall–Kier alpha value is -2.25. The summed E-state index contributed by atoms with van der Waals surface area (Å²) in [6.45, 7) is 1.62. The Kier molecular flexibility index (Phi) is 34.9. The molecule has 74 heavy (non-hydrogen) atoms. The Morgan fingerprint density at radius 1 is 0.486 bits per heavy atom. The van der Waals surface area contributed by atoms with Crippen LogP contribution in [0.3, 0.4) is 0 Å². The van der Waals surface area contributed by atoms with Gasteiger partial charge in [0.1, 0.15) is 73.2 Å². The molecule has 1 amide bonds. The van der Waals surface area contributed by atoms with E-state index >= 15 is 0 Å². The summed E-state index contributed by atoms with van der Waals surface area (Å²) in [5.74, 6) is -0.298. The molecule has 3 fully saturated rings. The monoisotopic (exact) mass is 1060 g/mol. The van der Waals surface area contributed by atoms with Crippen molar-refractivity contribution < 1.29 is 89.4 Å². The number of hydrogen-bond acceptors (Lipinski definition) is 18. The van der Waals surface area contributed by atoms with E-state index in [1.54, 1.807) is 6.08 Å². The maximum absolute atomic E-state index is 13.3. The largest absolute Gasteiger partial charge is 0.394 e. The van der Waals surface area contributed by atoms with Gasteiger partial charge in [-0.25, -0.2) is 0 Å². The predicted octanol–water partition coefficient (Wildman–Crippen LogP) is 3.53. The maximum atomic E-state index is 13.3. The van der Waals surface area contributed by atoms with Crippen molar-refractivity contribution in [1.29, 1.82) is 0 Å². The summed E-state index contributed by atoms with van der Waals surface area (Å²) in [5, 5.41) is 120. The summed E-state index contributed by atoms with van der Waals surface area (Å²) in [5.41, 5.74) is 0. The highest BCUT2D eigenvalue weighted by molar-refractivity contribution is 5.76. The molecule has 0 aliphatic carbocycles. The van der Waals surface area contributed by atoms with Crippen molar-refractivity contribution >= 4 is 5.91 Å². The van der Waals surface area contributed by atoms with Gasteiger partial charge in [0.05, 0.1) is 38.6 Å². The molecule has 0 spiro atoms. The highest BCUT2D eigenvalue weighted by Crippen LogP contribution is 2.33. The molecule has 3 rings (SSSR count). The van der Waals surface area contributed by atoms with E-state index in [1.807, 2.05) is 6.08 Å². The van der Waals surface area contributed by atoms with Crippen LogP contribution in [0.4, 0.5) is 0 Å². The molecule has 0 bridgehead atoms. The van der Waals surface area contributed by atoms with Gasteiger partial charge < -0.3 is 89.9 Å². The molecule has 0 aromatic rings. The summed E-state index contributed by atoms with van der Waals surface area (Å²) in [6, 6.07) is -0.992. The van der Waals surface area contributed by atoms with Crippen LogP contribution in [-0.4, -0.2) is 193 Å². The minimum Gasteiger partial charge on any atom is -0.394 e. The number of carbonyl (C=O) groups excluding carboxylic acids is 1. The first-order chi connectivity index (χ1) is 35.8. The SMILES string of the molecule is CCCCCC/C=C\C/C=C\CCCCCCCCCC(=O)NC(COC1OC(CO)C(OC2OC(CO)C(OC3OC(CO)C(O)C(O)C3O)C(O)C2O)C(O)C1O)C(O)/C=C/CC/C=C/CCCCCCC. The molecule has 0 saturated carbocycles. The third-order valence-corrected chi connectivity index (χ3v) is 13.8. The van der Waals surface area contributed by atoms with Gasteiger partial charge in [-0.1, -0.05) is 140 Å². The van der Waals surface area contributed by atoms with Gasteiger partial charge >= 0.3 is 0 Å². The van der Waals surface area contributed by atoms with Gasteiger partial charge in [0, 0.05) is 6.42 Å². The molecule has 19 heteroatoms. The van der Waals surface area contributed by atoms with E-state index in [0.29, 0.717) is 12.8 Å². The van der Waals surface area contributed by atoms with Crippen LogP contribution in [0.15, 0.2) is 48.6 Å². The van der Waals surface area contributed by atoms with Crippen molar-refractivity contribution in [1.82, 2.24) is 5.32 Å². The second kappa shape index (κ2) is 39.2. The van der Waals surface area contributed by atoms with Crippen molar-refractivity contribution in [3.63, 3.8) is 0 Å². The number of ether oxygens (including phenoxy) is 6. The van der Waals surface area contributed by atoms with Crippen molar-refractivity contribution in [2.24, 2.45) is 0 Å². The first kappa shape index (κ1) is 66.0. The van der Waals surface area contributed by atoms with Crippen LogP contribution in [0.5, 0.6) is 0 Å². The number of hydrogen-bond donors (Lipinski definition) is 12. The smallest absolute Gasteiger partial charge is 0.220 e. The van der Waals surface area contributed by atoms with E-state index in [9.17, 15) is 61.0 Å². The third kappa shape index (κ3) is 23.8. The highest BCUT2D eigenvalue weighted by atomic mass is 16.8. The minimum atomic E-state index is -1.98. The standard InChI is InChI=1S/C55H97NO18/c1-3-5-7-9-11-13-15-16-17-18-19-20-21-23-25-27-29-31-33-43(61)56-38(39(60)32-30-28-26-24-22-14-12-10-8-6-4-2)37-69-53-49(67)46(64)51(41(35-58)71-53)74-55-50(68)47(65)52(42(36-59)72-55)73-54-48(66)45(63)44(62)40(34-57)70-54/h13,15,17-18,22,24,30,32,38-42,44-55,57-60,62-68H,3-12,14,16,19-21,23,25-29,31,33-37H2,1-2H3,(H,56,61)/b15-13-,18-17-,24-22+,32-30+. The predicted molar refractivity (Wildman–Crippen MR) is 277 cm³/mol. The van der Waals surface area contributed by atoms with Crippen molar-refractivity contribution in [2.45, 2.75) is 266 Å². The number of aliphatic hydroxyl groups excluding tert-OH is 11. The first-order valence-electron chi connectivity index (χ1n) is 27.9. The van der Waals surface area contributed by atoms with E-state index in [4.69, 9.17) is 28.4 Å². The van der Waals surface area contributed by atoms with Gasteiger partial charge in [-0.3, -0.25) is 4.79 Å². The van der Waals surface area contributed by atoms with Gasteiger partial charge in [0.25, 0.3) is 0 Å². The Labute approximate surface area is 440 Å². The average Bonchev–Trinajstić information content (AvgIpc) is 3.40. The number of nitrogens with one attached hydrogen (secondary N) is 1. The van der Waals surface area contributed by atoms with Crippen LogP contribution in [-0.2, 0) is 33.2 Å². The fraction of sp³-hybridized carbons (Fsp3) is 0.836. The minimum absolute atomic E-state index is 0.225. The summed E-state index contributed by atoms with van der Waals surface area (Å²) >= 11 is 0. The summed E-state index contributed by atoms with van der Waals surface area (Å²) < 4.78 is 34.1. The first-order valence-corrected chi connectivity index (χ1v) is 27.9. The molecule has 3 aliphatic heterocycles. The van der Waals surface area contributed by atoms with Crippen LogP contribution in [0.1, 0.15) is 162 Å². The molecule has 12 N–H and O–H groups in total. The molecule has 3 saturated heterocycles. The Morgan fingerprint density at radius 3 is 1.45 bits per heavy atom. The second-order valence-corrected chi connectivity index (χ2v) is 20.0. The molecule has 19 nitrogen and oxygen atoms in total. The van der Waals surface area contributed by atoms with Crippen molar-refractivity contribution in [2.75, 3.05) is 26.4 Å².